The van der Waals surface area contributed by atoms with E-state index < -0.39 is 17.7 Å². The van der Waals surface area contributed by atoms with E-state index in [-0.39, 0.29) is 13.0 Å². The van der Waals surface area contributed by atoms with Crippen LogP contribution in [0.3, 0.4) is 0 Å². The zero-order valence-corrected chi connectivity index (χ0v) is 12.9. The molecule has 1 rings (SSSR count). The van der Waals surface area contributed by atoms with Gasteiger partial charge in [0.15, 0.2) is 5.78 Å². The molecule has 0 heterocycles. The molecule has 0 saturated carbocycles. The second-order valence-corrected chi connectivity index (χ2v) is 4.50. The molecule has 1 aromatic carbocycles. The molecule has 1 unspecified atom stereocenters. The topological polar surface area (TPSA) is 85.6 Å². The summed E-state index contributed by atoms with van der Waals surface area (Å²) >= 11 is 0. The van der Waals surface area contributed by atoms with Crippen LogP contribution in [0.25, 0.3) is 0 Å². The lowest BCUT2D eigenvalue weighted by Gasteiger charge is -2.10. The van der Waals surface area contributed by atoms with Gasteiger partial charge in [0, 0.05) is 12.5 Å². The lowest BCUT2D eigenvalue weighted by molar-refractivity contribution is -0.149. The molecule has 0 aliphatic carbocycles. The van der Waals surface area contributed by atoms with Crippen molar-refractivity contribution in [1.29, 1.82) is 5.26 Å². The molecule has 0 radical (unpaired) electrons. The van der Waals surface area contributed by atoms with E-state index in [1.165, 1.54) is 14.2 Å². The smallest absolute Gasteiger partial charge is 0.331 e. The number of hydrogen-bond acceptors (Lipinski definition) is 6. The van der Waals surface area contributed by atoms with Gasteiger partial charge in [0.2, 0.25) is 5.92 Å². The van der Waals surface area contributed by atoms with Crippen LogP contribution in [0.4, 0.5) is 0 Å². The third-order valence-corrected chi connectivity index (χ3v) is 3.04. The van der Waals surface area contributed by atoms with Crippen LogP contribution in [0.15, 0.2) is 18.2 Å². The summed E-state index contributed by atoms with van der Waals surface area (Å²) in [5.74, 6) is -1.39. The summed E-state index contributed by atoms with van der Waals surface area (Å²) in [5, 5.41) is 8.94. The molecule has 22 heavy (non-hydrogen) atoms. The first kappa shape index (κ1) is 17.5. The molecule has 0 aliphatic heterocycles. The zero-order valence-electron chi connectivity index (χ0n) is 12.9. The van der Waals surface area contributed by atoms with E-state index in [9.17, 15) is 9.59 Å². The lowest BCUT2D eigenvalue weighted by Crippen LogP contribution is -2.25. The summed E-state index contributed by atoms with van der Waals surface area (Å²) in [6.07, 6.45) is 0.442. The number of rotatable bonds is 8. The van der Waals surface area contributed by atoms with Crippen LogP contribution in [0.2, 0.25) is 0 Å². The first-order chi connectivity index (χ1) is 10.5. The number of nitriles is 1. The van der Waals surface area contributed by atoms with Crippen LogP contribution in [0.5, 0.6) is 11.5 Å². The fourth-order valence-corrected chi connectivity index (χ4v) is 1.90. The van der Waals surface area contributed by atoms with Crippen molar-refractivity contribution in [3.8, 4) is 17.6 Å². The van der Waals surface area contributed by atoms with Gasteiger partial charge in [-0.25, -0.2) is 0 Å². The van der Waals surface area contributed by atoms with Gasteiger partial charge in [-0.15, -0.1) is 0 Å². The number of methoxy groups -OCH3 is 2. The number of hydrogen-bond donors (Lipinski definition) is 0. The van der Waals surface area contributed by atoms with Crippen LogP contribution in [-0.2, 0) is 20.7 Å². The summed E-state index contributed by atoms with van der Waals surface area (Å²) in [6.45, 7) is 1.76. The quantitative estimate of drug-likeness (QED) is 0.538. The molecule has 0 aromatic heterocycles. The van der Waals surface area contributed by atoms with Crippen LogP contribution in [0.1, 0.15) is 18.9 Å². The van der Waals surface area contributed by atoms with Crippen molar-refractivity contribution in [2.24, 2.45) is 5.92 Å². The van der Waals surface area contributed by atoms with Gasteiger partial charge in [0.25, 0.3) is 0 Å². The number of Topliss-reactive ketones (excluding diaryl/α,β-unsaturated/α-hetero) is 1. The van der Waals surface area contributed by atoms with Crippen molar-refractivity contribution in [1.82, 2.24) is 0 Å². The van der Waals surface area contributed by atoms with Gasteiger partial charge in [-0.1, -0.05) is 0 Å². The fraction of sp³-hybridized carbons (Fsp3) is 0.438. The van der Waals surface area contributed by atoms with E-state index in [0.717, 1.165) is 5.56 Å². The van der Waals surface area contributed by atoms with E-state index in [4.69, 9.17) is 19.5 Å². The van der Waals surface area contributed by atoms with Gasteiger partial charge in [-0.2, -0.15) is 5.26 Å². The van der Waals surface area contributed by atoms with Crippen LogP contribution >= 0.6 is 0 Å². The number of ether oxygens (including phenoxy) is 3. The average Bonchev–Trinajstić information content (AvgIpc) is 2.53. The Hall–Kier alpha value is -2.55. The Morgan fingerprint density at radius 2 is 1.77 bits per heavy atom. The van der Waals surface area contributed by atoms with E-state index in [1.54, 1.807) is 31.2 Å². The zero-order chi connectivity index (χ0) is 16.5. The van der Waals surface area contributed by atoms with E-state index in [2.05, 4.69) is 0 Å². The van der Waals surface area contributed by atoms with Crippen LogP contribution < -0.4 is 9.47 Å². The molecule has 0 spiro atoms. The molecule has 0 fully saturated rings. The maximum Gasteiger partial charge on any atom is 0.331 e. The lowest BCUT2D eigenvalue weighted by atomic mass is 9.99. The molecule has 6 heteroatoms. The monoisotopic (exact) mass is 305 g/mol. The van der Waals surface area contributed by atoms with Gasteiger partial charge in [-0.3, -0.25) is 9.59 Å². The molecule has 0 aliphatic rings. The predicted molar refractivity (Wildman–Crippen MR) is 78.6 cm³/mol. The van der Waals surface area contributed by atoms with E-state index in [0.29, 0.717) is 17.9 Å². The molecule has 118 valence electrons. The Labute approximate surface area is 129 Å². The highest BCUT2D eigenvalue weighted by Gasteiger charge is 2.27. The number of esters is 1. The molecule has 0 bridgehead atoms. The van der Waals surface area contributed by atoms with Crippen LogP contribution in [-0.4, -0.2) is 32.6 Å². The normalized spacial score (nSPS) is 11.2. The highest BCUT2D eigenvalue weighted by atomic mass is 16.5. The van der Waals surface area contributed by atoms with Gasteiger partial charge in [0.1, 0.15) is 11.5 Å². The molecule has 0 amide bonds. The molecule has 6 nitrogen and oxygen atoms in total. The Morgan fingerprint density at radius 3 is 2.23 bits per heavy atom. The van der Waals surface area contributed by atoms with Gasteiger partial charge in [-0.05, 0) is 31.0 Å². The van der Waals surface area contributed by atoms with Crippen molar-refractivity contribution in [2.75, 3.05) is 20.8 Å². The van der Waals surface area contributed by atoms with Crippen molar-refractivity contribution in [3.05, 3.63) is 23.8 Å². The summed E-state index contributed by atoms with van der Waals surface area (Å²) in [7, 11) is 3.08. The van der Waals surface area contributed by atoms with Crippen molar-refractivity contribution in [3.63, 3.8) is 0 Å². The average molecular weight is 305 g/mol. The number of aryl methyl sites for hydroxylation is 1. The molecular formula is C16H19NO5. The first-order valence-corrected chi connectivity index (χ1v) is 6.86. The summed E-state index contributed by atoms with van der Waals surface area (Å²) in [5.41, 5.74) is 0.824. The third kappa shape index (κ3) is 4.77. The Balaban J connectivity index is 2.74. The van der Waals surface area contributed by atoms with Gasteiger partial charge < -0.3 is 14.2 Å². The number of benzene rings is 1. The minimum absolute atomic E-state index is 0.0629. The SMILES string of the molecule is CCOC(=O)C(C#N)C(=O)CCc1cc(OC)cc(OC)c1. The second kappa shape index (κ2) is 8.67. The highest BCUT2D eigenvalue weighted by Crippen LogP contribution is 2.23. The highest BCUT2D eigenvalue weighted by molar-refractivity contribution is 6.01. The Morgan fingerprint density at radius 1 is 1.18 bits per heavy atom. The number of carbonyl (C=O) groups excluding carboxylic acids is 2. The largest absolute Gasteiger partial charge is 0.497 e. The van der Waals surface area contributed by atoms with E-state index >= 15 is 0 Å². The maximum absolute atomic E-state index is 12.0. The van der Waals surface area contributed by atoms with Crippen molar-refractivity contribution in [2.45, 2.75) is 19.8 Å². The fourth-order valence-electron chi connectivity index (χ4n) is 1.90. The maximum atomic E-state index is 12.0. The minimum Gasteiger partial charge on any atom is -0.497 e. The first-order valence-electron chi connectivity index (χ1n) is 6.86. The van der Waals surface area contributed by atoms with Gasteiger partial charge in [0.05, 0.1) is 26.9 Å². The molecule has 0 saturated heterocycles. The summed E-state index contributed by atoms with van der Waals surface area (Å²) in [6, 6.07) is 6.98. The van der Waals surface area contributed by atoms with E-state index in [1.807, 2.05) is 0 Å². The number of ketones is 1. The number of carbonyl (C=O) groups is 2. The molecule has 0 N–H and O–H groups in total. The van der Waals surface area contributed by atoms with Crippen molar-refractivity contribution >= 4 is 11.8 Å². The third-order valence-electron chi connectivity index (χ3n) is 3.04. The van der Waals surface area contributed by atoms with Gasteiger partial charge >= 0.3 is 5.97 Å². The molecular weight excluding hydrogens is 286 g/mol. The summed E-state index contributed by atoms with van der Waals surface area (Å²) in [4.78, 5) is 23.5. The standard InChI is InChI=1S/C16H19NO5/c1-4-22-16(19)14(10-17)15(18)6-5-11-7-12(20-2)9-13(8-11)21-3/h7-9,14H,4-6H2,1-3H3. The predicted octanol–water partition coefficient (Wildman–Crippen LogP) is 1.91. The van der Waals surface area contributed by atoms with Crippen LogP contribution in [0, 0.1) is 17.2 Å². The Bertz CT molecular complexity index is 554. The summed E-state index contributed by atoms with van der Waals surface area (Å²) < 4.78 is 15.0. The number of nitrogens with zero attached hydrogens (tertiary/aromatic N) is 1. The molecule has 1 atom stereocenters. The molecule has 1 aromatic rings. The minimum atomic E-state index is -1.37. The van der Waals surface area contributed by atoms with Crippen molar-refractivity contribution < 1.29 is 23.8 Å². The second-order valence-electron chi connectivity index (χ2n) is 4.50. The Kier molecular flexibility index (Phi) is 6.90.